The number of anilines is 2. The molecule has 1 aromatic rings. The summed E-state index contributed by atoms with van der Waals surface area (Å²) in [6, 6.07) is 6.66. The lowest BCUT2D eigenvalue weighted by Gasteiger charge is -2.33. The van der Waals surface area contributed by atoms with Gasteiger partial charge in [-0.2, -0.15) is 0 Å². The molecule has 3 nitrogen and oxygen atoms in total. The zero-order valence-electron chi connectivity index (χ0n) is 9.95. The minimum atomic E-state index is 0.676. The molecule has 1 aliphatic heterocycles. The summed E-state index contributed by atoms with van der Waals surface area (Å²) in [5, 5.41) is 0. The van der Waals surface area contributed by atoms with E-state index in [1.807, 2.05) is 12.1 Å². The molecule has 0 radical (unpaired) electrons. The van der Waals surface area contributed by atoms with Crippen molar-refractivity contribution in [3.8, 4) is 0 Å². The fraction of sp³-hybridized carbons (Fsp3) is 0.538. The van der Waals surface area contributed by atoms with Gasteiger partial charge in [0.15, 0.2) is 0 Å². The first-order valence-corrected chi connectivity index (χ1v) is 6.05. The van der Waals surface area contributed by atoms with Gasteiger partial charge in [-0.3, -0.25) is 4.90 Å². The van der Waals surface area contributed by atoms with Crippen molar-refractivity contribution >= 4 is 11.4 Å². The van der Waals surface area contributed by atoms with Crippen LogP contribution in [0.3, 0.4) is 0 Å². The topological polar surface area (TPSA) is 55.3 Å². The minimum Gasteiger partial charge on any atom is -0.397 e. The monoisotopic (exact) mass is 219 g/mol. The van der Waals surface area contributed by atoms with Crippen molar-refractivity contribution in [2.24, 2.45) is 0 Å². The van der Waals surface area contributed by atoms with E-state index in [4.69, 9.17) is 11.5 Å². The average Bonchev–Trinajstić information content (AvgIpc) is 2.27. The van der Waals surface area contributed by atoms with E-state index in [1.54, 1.807) is 0 Å². The Labute approximate surface area is 97.4 Å². The lowest BCUT2D eigenvalue weighted by Crippen LogP contribution is -2.36. The fourth-order valence-electron chi connectivity index (χ4n) is 2.35. The van der Waals surface area contributed by atoms with Gasteiger partial charge in [0.1, 0.15) is 0 Å². The van der Waals surface area contributed by atoms with Crippen LogP contribution in [0.4, 0.5) is 11.4 Å². The molecular weight excluding hydrogens is 198 g/mol. The van der Waals surface area contributed by atoms with Crippen molar-refractivity contribution in [1.29, 1.82) is 0 Å². The van der Waals surface area contributed by atoms with Crippen LogP contribution in [0.5, 0.6) is 0 Å². The number of nitrogen functional groups attached to an aromatic ring is 2. The van der Waals surface area contributed by atoms with Crippen molar-refractivity contribution in [2.45, 2.75) is 38.8 Å². The van der Waals surface area contributed by atoms with Gasteiger partial charge in [0.2, 0.25) is 0 Å². The Balaban J connectivity index is 2.05. The van der Waals surface area contributed by atoms with Crippen LogP contribution in [0.1, 0.15) is 31.7 Å². The second-order valence-electron chi connectivity index (χ2n) is 4.78. The van der Waals surface area contributed by atoms with E-state index in [1.165, 1.54) is 31.4 Å². The molecule has 88 valence electrons. The Morgan fingerprint density at radius 1 is 1.25 bits per heavy atom. The Morgan fingerprint density at radius 3 is 2.75 bits per heavy atom. The second-order valence-corrected chi connectivity index (χ2v) is 4.78. The van der Waals surface area contributed by atoms with E-state index < -0.39 is 0 Å². The summed E-state index contributed by atoms with van der Waals surface area (Å²) < 4.78 is 0. The Morgan fingerprint density at radius 2 is 2.06 bits per heavy atom. The number of nitrogens with zero attached hydrogens (tertiary/aromatic N) is 1. The molecule has 0 saturated carbocycles. The van der Waals surface area contributed by atoms with E-state index >= 15 is 0 Å². The molecule has 2 rings (SSSR count). The molecule has 4 N–H and O–H groups in total. The molecule has 3 heteroatoms. The van der Waals surface area contributed by atoms with Crippen molar-refractivity contribution < 1.29 is 0 Å². The van der Waals surface area contributed by atoms with Crippen molar-refractivity contribution in [1.82, 2.24) is 4.90 Å². The molecule has 1 atom stereocenters. The first-order chi connectivity index (χ1) is 7.66. The Bertz CT molecular complexity index is 362. The van der Waals surface area contributed by atoms with Crippen molar-refractivity contribution in [2.75, 3.05) is 18.0 Å². The molecular formula is C13H21N3. The van der Waals surface area contributed by atoms with Crippen LogP contribution in [-0.2, 0) is 6.54 Å². The number of likely N-dealkylation sites (tertiary alicyclic amines) is 1. The highest BCUT2D eigenvalue weighted by Crippen LogP contribution is 2.21. The van der Waals surface area contributed by atoms with E-state index in [0.29, 0.717) is 17.4 Å². The van der Waals surface area contributed by atoms with Gasteiger partial charge in [0, 0.05) is 12.6 Å². The number of benzene rings is 1. The predicted octanol–water partition coefficient (Wildman–Crippen LogP) is 2.23. The zero-order chi connectivity index (χ0) is 11.5. The van der Waals surface area contributed by atoms with Crippen LogP contribution >= 0.6 is 0 Å². The van der Waals surface area contributed by atoms with Gasteiger partial charge in [-0.25, -0.2) is 0 Å². The van der Waals surface area contributed by atoms with Gasteiger partial charge in [-0.1, -0.05) is 12.5 Å². The van der Waals surface area contributed by atoms with Crippen LogP contribution in [0.15, 0.2) is 18.2 Å². The van der Waals surface area contributed by atoms with Crippen LogP contribution in [0, 0.1) is 0 Å². The molecule has 1 aliphatic rings. The van der Waals surface area contributed by atoms with Crippen LogP contribution in [0.2, 0.25) is 0 Å². The molecule has 0 spiro atoms. The lowest BCUT2D eigenvalue weighted by molar-refractivity contribution is 0.152. The van der Waals surface area contributed by atoms with Crippen molar-refractivity contribution in [3.63, 3.8) is 0 Å². The SMILES string of the molecule is CC1CCCCN1Cc1ccc(N)c(N)c1. The Hall–Kier alpha value is -1.22. The number of piperidine rings is 1. The predicted molar refractivity (Wildman–Crippen MR) is 69.0 cm³/mol. The first kappa shape index (κ1) is 11.3. The average molecular weight is 219 g/mol. The van der Waals surface area contributed by atoms with Gasteiger partial charge in [0.05, 0.1) is 11.4 Å². The third-order valence-corrected chi connectivity index (χ3v) is 3.48. The molecule has 1 aromatic carbocycles. The fourth-order valence-corrected chi connectivity index (χ4v) is 2.35. The largest absolute Gasteiger partial charge is 0.397 e. The maximum absolute atomic E-state index is 5.82. The smallest absolute Gasteiger partial charge is 0.0551 e. The highest BCUT2D eigenvalue weighted by atomic mass is 15.2. The molecule has 0 aliphatic carbocycles. The Kier molecular flexibility index (Phi) is 3.34. The van der Waals surface area contributed by atoms with Crippen LogP contribution in [-0.4, -0.2) is 17.5 Å². The minimum absolute atomic E-state index is 0.676. The van der Waals surface area contributed by atoms with E-state index in [-0.39, 0.29) is 0 Å². The number of nitrogens with two attached hydrogens (primary N) is 2. The number of rotatable bonds is 2. The van der Waals surface area contributed by atoms with Gasteiger partial charge < -0.3 is 11.5 Å². The third-order valence-electron chi connectivity index (χ3n) is 3.48. The van der Waals surface area contributed by atoms with Gasteiger partial charge in [-0.05, 0) is 44.0 Å². The van der Waals surface area contributed by atoms with Crippen molar-refractivity contribution in [3.05, 3.63) is 23.8 Å². The molecule has 1 unspecified atom stereocenters. The van der Waals surface area contributed by atoms with Gasteiger partial charge >= 0.3 is 0 Å². The molecule has 0 bridgehead atoms. The third kappa shape index (κ3) is 2.47. The highest BCUT2D eigenvalue weighted by molar-refractivity contribution is 5.63. The first-order valence-electron chi connectivity index (χ1n) is 6.05. The summed E-state index contributed by atoms with van der Waals surface area (Å²) in [6.07, 6.45) is 3.99. The lowest BCUT2D eigenvalue weighted by atomic mass is 10.0. The standard InChI is InChI=1S/C13H21N3/c1-10-4-2-3-7-16(10)9-11-5-6-12(14)13(15)8-11/h5-6,8,10H,2-4,7,9,14-15H2,1H3. The zero-order valence-corrected chi connectivity index (χ0v) is 9.95. The van der Waals surface area contributed by atoms with Gasteiger partial charge in [-0.15, -0.1) is 0 Å². The van der Waals surface area contributed by atoms with E-state index in [9.17, 15) is 0 Å². The molecule has 0 aromatic heterocycles. The summed E-state index contributed by atoms with van der Waals surface area (Å²) >= 11 is 0. The van der Waals surface area contributed by atoms with Crippen LogP contribution < -0.4 is 11.5 Å². The quantitative estimate of drug-likeness (QED) is 0.750. The number of hydrogen-bond acceptors (Lipinski definition) is 3. The van der Waals surface area contributed by atoms with E-state index in [2.05, 4.69) is 17.9 Å². The number of hydrogen-bond donors (Lipinski definition) is 2. The molecule has 1 saturated heterocycles. The summed E-state index contributed by atoms with van der Waals surface area (Å²) in [5.41, 5.74) is 14.2. The summed E-state index contributed by atoms with van der Waals surface area (Å²) in [6.45, 7) is 4.50. The summed E-state index contributed by atoms with van der Waals surface area (Å²) in [5.74, 6) is 0. The van der Waals surface area contributed by atoms with Gasteiger partial charge in [0.25, 0.3) is 0 Å². The normalized spacial score (nSPS) is 22.2. The summed E-state index contributed by atoms with van der Waals surface area (Å²) in [4.78, 5) is 2.52. The molecule has 16 heavy (non-hydrogen) atoms. The molecule has 1 fully saturated rings. The van der Waals surface area contributed by atoms with E-state index in [0.717, 1.165) is 6.54 Å². The second kappa shape index (κ2) is 4.74. The highest BCUT2D eigenvalue weighted by Gasteiger charge is 2.18. The molecule has 0 amide bonds. The van der Waals surface area contributed by atoms with Crippen LogP contribution in [0.25, 0.3) is 0 Å². The summed E-state index contributed by atoms with van der Waals surface area (Å²) in [7, 11) is 0. The molecule has 1 heterocycles. The maximum Gasteiger partial charge on any atom is 0.0551 e. The maximum atomic E-state index is 5.82.